The zero-order valence-electron chi connectivity index (χ0n) is 27.7. The number of nitrogens with zero attached hydrogens (tertiary/aromatic N) is 3. The Morgan fingerprint density at radius 3 is 1.83 bits per heavy atom. The molecule has 6 aromatic rings. The third-order valence-corrected chi connectivity index (χ3v) is 9.30. The second-order valence-electron chi connectivity index (χ2n) is 12.5. The summed E-state index contributed by atoms with van der Waals surface area (Å²) in [5, 5.41) is 0. The molecule has 6 aromatic carbocycles. The Hall–Kier alpha value is -5.54. The highest BCUT2D eigenvalue weighted by Crippen LogP contribution is 2.42. The average molecular weight is 612 g/mol. The van der Waals surface area contributed by atoms with Gasteiger partial charge in [0.25, 0.3) is 0 Å². The van der Waals surface area contributed by atoms with E-state index < -0.39 is 0 Å². The molecule has 2 bridgehead atoms. The molecule has 0 N–H and O–H groups in total. The van der Waals surface area contributed by atoms with Crippen LogP contribution < -0.4 is 4.90 Å². The fourth-order valence-electron chi connectivity index (χ4n) is 7.05. The van der Waals surface area contributed by atoms with Crippen LogP contribution in [0.25, 0.3) is 11.1 Å². The molecule has 1 aliphatic rings. The Labute approximate surface area is 279 Å². The molecule has 0 amide bonds. The first-order valence-corrected chi connectivity index (χ1v) is 16.4. The molecule has 0 fully saturated rings. The molecule has 47 heavy (non-hydrogen) atoms. The van der Waals surface area contributed by atoms with E-state index in [1.165, 1.54) is 67.3 Å². The topological polar surface area (TPSA) is 9.26 Å². The van der Waals surface area contributed by atoms with E-state index >= 15 is 0 Å². The lowest BCUT2D eigenvalue weighted by Crippen LogP contribution is -2.27. The quantitative estimate of drug-likeness (QED) is 0.139. The first-order valence-electron chi connectivity index (χ1n) is 16.4. The predicted octanol–water partition coefficient (Wildman–Crippen LogP) is 9.28. The standard InChI is InChI=1S/C44H41N3/c1-32-38-22-14-24-41(32)47(37-28-26-34(27-29-37)33-16-8-5-9-17-33)42-25-15-23-40(43(45(2)3)35-18-10-6-11-19-35)39(42)30-31-46(4)44(38)36-20-12-7-13-21-36/h5-29H,30-31H2,1-4H3/q+2. The summed E-state index contributed by atoms with van der Waals surface area (Å²) < 4.78 is 4.71. The largest absolute Gasteiger partial charge is 0.310 e. The summed E-state index contributed by atoms with van der Waals surface area (Å²) in [6.07, 6.45) is 0.879. The van der Waals surface area contributed by atoms with E-state index in [4.69, 9.17) is 0 Å². The second kappa shape index (κ2) is 13.1. The van der Waals surface area contributed by atoms with Gasteiger partial charge in [0.2, 0.25) is 11.4 Å². The molecule has 3 heteroatoms. The summed E-state index contributed by atoms with van der Waals surface area (Å²) in [5.74, 6) is 0. The van der Waals surface area contributed by atoms with Crippen LogP contribution in [0.1, 0.15) is 33.4 Å². The van der Waals surface area contributed by atoms with E-state index in [1.807, 2.05) is 0 Å². The molecule has 0 saturated carbocycles. The first kappa shape index (κ1) is 30.1. The van der Waals surface area contributed by atoms with Crippen molar-refractivity contribution < 1.29 is 9.15 Å². The smallest absolute Gasteiger partial charge is 0.214 e. The Morgan fingerprint density at radius 1 is 0.596 bits per heavy atom. The highest BCUT2D eigenvalue weighted by atomic mass is 15.1. The molecule has 0 unspecified atom stereocenters. The highest BCUT2D eigenvalue weighted by Gasteiger charge is 2.29. The third kappa shape index (κ3) is 5.81. The Kier molecular flexibility index (Phi) is 8.37. The van der Waals surface area contributed by atoms with Crippen molar-refractivity contribution >= 4 is 28.5 Å². The second-order valence-corrected chi connectivity index (χ2v) is 12.5. The van der Waals surface area contributed by atoms with Crippen molar-refractivity contribution in [1.82, 2.24) is 0 Å². The summed E-state index contributed by atoms with van der Waals surface area (Å²) in [7, 11) is 6.55. The van der Waals surface area contributed by atoms with Crippen LogP contribution in [0.5, 0.6) is 0 Å². The fourth-order valence-corrected chi connectivity index (χ4v) is 7.05. The number of fused-ring (bicyclic) bond motifs is 3. The summed E-state index contributed by atoms with van der Waals surface area (Å²) in [5.41, 5.74) is 16.0. The lowest BCUT2D eigenvalue weighted by molar-refractivity contribution is -0.495. The van der Waals surface area contributed by atoms with E-state index in [1.54, 1.807) is 0 Å². The zero-order chi connectivity index (χ0) is 32.3. The predicted molar refractivity (Wildman–Crippen MR) is 197 cm³/mol. The van der Waals surface area contributed by atoms with Crippen molar-refractivity contribution in [3.8, 4) is 11.1 Å². The van der Waals surface area contributed by atoms with E-state index in [2.05, 4.69) is 194 Å². The van der Waals surface area contributed by atoms with Gasteiger partial charge < -0.3 is 4.90 Å². The van der Waals surface area contributed by atoms with Gasteiger partial charge in [-0.25, -0.2) is 9.15 Å². The minimum atomic E-state index is 0.869. The molecule has 0 spiro atoms. The van der Waals surface area contributed by atoms with E-state index in [0.717, 1.165) is 18.7 Å². The van der Waals surface area contributed by atoms with Gasteiger partial charge in [0.1, 0.15) is 27.7 Å². The highest BCUT2D eigenvalue weighted by molar-refractivity contribution is 6.13. The maximum Gasteiger partial charge on any atom is 0.214 e. The molecule has 3 nitrogen and oxygen atoms in total. The van der Waals surface area contributed by atoms with Crippen LogP contribution in [0.15, 0.2) is 152 Å². The minimum Gasteiger partial charge on any atom is -0.310 e. The summed E-state index contributed by atoms with van der Waals surface area (Å²) in [6, 6.07) is 54.9. The summed E-state index contributed by atoms with van der Waals surface area (Å²) in [4.78, 5) is 2.48. The molecule has 0 aliphatic carbocycles. The number of hydrogen-bond acceptors (Lipinski definition) is 1. The molecular formula is C44H41N3+2. The minimum absolute atomic E-state index is 0.869. The van der Waals surface area contributed by atoms with Gasteiger partial charge in [-0.2, -0.15) is 0 Å². The van der Waals surface area contributed by atoms with Gasteiger partial charge in [0, 0.05) is 28.9 Å². The SMILES string of the molecule is Cc1c2cccc1N(c1ccc(-c3ccccc3)cc1)c1cccc(C(c3ccccc3)=[N+](C)C)c1CC[N+](C)=C2c1ccccc1. The van der Waals surface area contributed by atoms with Crippen LogP contribution in [0.4, 0.5) is 17.1 Å². The molecule has 1 aliphatic heterocycles. The van der Waals surface area contributed by atoms with Crippen molar-refractivity contribution in [3.63, 3.8) is 0 Å². The van der Waals surface area contributed by atoms with Gasteiger partial charge in [0.15, 0.2) is 0 Å². The zero-order valence-corrected chi connectivity index (χ0v) is 27.7. The van der Waals surface area contributed by atoms with Crippen LogP contribution >= 0.6 is 0 Å². The van der Waals surface area contributed by atoms with E-state index in [9.17, 15) is 0 Å². The van der Waals surface area contributed by atoms with Crippen molar-refractivity contribution in [2.45, 2.75) is 13.3 Å². The van der Waals surface area contributed by atoms with E-state index in [0.29, 0.717) is 0 Å². The molecule has 0 radical (unpaired) electrons. The molecule has 0 saturated heterocycles. The van der Waals surface area contributed by atoms with Crippen LogP contribution in [0.3, 0.4) is 0 Å². The van der Waals surface area contributed by atoms with Gasteiger partial charge in [-0.3, -0.25) is 0 Å². The molecule has 0 atom stereocenters. The lowest BCUT2D eigenvalue weighted by Gasteiger charge is -2.31. The maximum atomic E-state index is 2.48. The number of hydrogen-bond donors (Lipinski definition) is 0. The van der Waals surface area contributed by atoms with Crippen LogP contribution in [0.2, 0.25) is 0 Å². The van der Waals surface area contributed by atoms with Gasteiger partial charge in [-0.05, 0) is 89.8 Å². The number of rotatable bonds is 5. The van der Waals surface area contributed by atoms with Crippen LogP contribution in [-0.2, 0) is 6.42 Å². The Morgan fingerprint density at radius 2 is 1.17 bits per heavy atom. The summed E-state index contributed by atoms with van der Waals surface area (Å²) >= 11 is 0. The van der Waals surface area contributed by atoms with Crippen molar-refractivity contribution in [1.29, 1.82) is 0 Å². The Bertz CT molecular complexity index is 2090. The van der Waals surface area contributed by atoms with Gasteiger partial charge in [-0.15, -0.1) is 0 Å². The van der Waals surface area contributed by atoms with Crippen molar-refractivity contribution in [3.05, 3.63) is 185 Å². The summed E-state index contributed by atoms with van der Waals surface area (Å²) in [6.45, 7) is 3.15. The van der Waals surface area contributed by atoms with Crippen molar-refractivity contribution in [2.75, 3.05) is 32.6 Å². The number of likely N-dealkylation sites (N-methyl/N-ethyl adjacent to an activating group) is 1. The number of anilines is 3. The average Bonchev–Trinajstić information content (AvgIpc) is 3.11. The van der Waals surface area contributed by atoms with Crippen molar-refractivity contribution in [2.24, 2.45) is 0 Å². The number of benzene rings is 6. The van der Waals surface area contributed by atoms with Crippen LogP contribution in [-0.4, -0.2) is 48.3 Å². The fraction of sp³-hybridized carbons (Fsp3) is 0.136. The molecule has 0 aromatic heterocycles. The van der Waals surface area contributed by atoms with Gasteiger partial charge in [0.05, 0.1) is 16.8 Å². The van der Waals surface area contributed by atoms with Gasteiger partial charge in [-0.1, -0.05) is 91.0 Å². The first-order chi connectivity index (χ1) is 23.0. The molecular weight excluding hydrogens is 571 g/mol. The molecule has 230 valence electrons. The normalized spacial score (nSPS) is 12.8. The lowest BCUT2D eigenvalue weighted by atomic mass is 9.91. The van der Waals surface area contributed by atoms with E-state index in [-0.39, 0.29) is 0 Å². The van der Waals surface area contributed by atoms with Crippen LogP contribution in [0, 0.1) is 6.92 Å². The third-order valence-electron chi connectivity index (χ3n) is 9.30. The Balaban J connectivity index is 1.51. The monoisotopic (exact) mass is 611 g/mol. The molecule has 1 heterocycles. The maximum absolute atomic E-state index is 2.48. The molecule has 7 rings (SSSR count). The van der Waals surface area contributed by atoms with Gasteiger partial charge >= 0.3 is 0 Å².